The number of hydrogen-bond acceptors (Lipinski definition) is 4. The van der Waals surface area contributed by atoms with Crippen molar-refractivity contribution in [2.45, 2.75) is 32.6 Å². The van der Waals surface area contributed by atoms with Crippen molar-refractivity contribution in [2.24, 2.45) is 0 Å². The zero-order valence-corrected chi connectivity index (χ0v) is 19.2. The molecule has 0 bridgehead atoms. The van der Waals surface area contributed by atoms with Crippen molar-refractivity contribution in [3.63, 3.8) is 0 Å². The summed E-state index contributed by atoms with van der Waals surface area (Å²) in [5, 5.41) is 10.2. The Kier molecular flexibility index (Phi) is 7.43. The molecule has 2 aromatic carbocycles. The molecule has 6 nitrogen and oxygen atoms in total. The first-order chi connectivity index (χ1) is 15.2. The van der Waals surface area contributed by atoms with Crippen LogP contribution >= 0.6 is 11.3 Å². The van der Waals surface area contributed by atoms with Crippen LogP contribution in [0.2, 0.25) is 0 Å². The van der Waals surface area contributed by atoms with Gasteiger partial charge in [0, 0.05) is 29.9 Å². The second-order valence-electron chi connectivity index (χ2n) is 8.39. The van der Waals surface area contributed by atoms with E-state index in [2.05, 4.69) is 36.7 Å². The molecule has 7 heteroatoms. The van der Waals surface area contributed by atoms with Gasteiger partial charge in [-0.3, -0.25) is 14.4 Å². The Morgan fingerprint density at radius 1 is 0.844 bits per heavy atom. The van der Waals surface area contributed by atoms with Crippen LogP contribution in [0.25, 0.3) is 0 Å². The highest BCUT2D eigenvalue weighted by Gasteiger charge is 2.14. The first kappa shape index (κ1) is 23.2. The zero-order chi connectivity index (χ0) is 23.1. The molecular formula is C25H27N3O3S. The molecule has 166 valence electrons. The molecule has 0 fully saturated rings. The third-order valence-corrected chi connectivity index (χ3v) is 5.67. The van der Waals surface area contributed by atoms with E-state index in [1.807, 2.05) is 23.6 Å². The smallest absolute Gasteiger partial charge is 0.265 e. The lowest BCUT2D eigenvalue weighted by Gasteiger charge is -2.19. The second kappa shape index (κ2) is 10.2. The molecule has 3 N–H and O–H groups in total. The fourth-order valence-corrected chi connectivity index (χ4v) is 3.63. The van der Waals surface area contributed by atoms with Gasteiger partial charge in [0.05, 0.1) is 4.88 Å². The molecule has 0 spiro atoms. The van der Waals surface area contributed by atoms with Gasteiger partial charge in [-0.05, 0) is 52.8 Å². The van der Waals surface area contributed by atoms with E-state index in [-0.39, 0.29) is 36.1 Å². The van der Waals surface area contributed by atoms with Gasteiger partial charge >= 0.3 is 0 Å². The van der Waals surface area contributed by atoms with Crippen molar-refractivity contribution < 1.29 is 14.4 Å². The van der Waals surface area contributed by atoms with E-state index >= 15 is 0 Å². The van der Waals surface area contributed by atoms with E-state index in [1.165, 1.54) is 11.3 Å². The number of nitrogens with one attached hydrogen (secondary N) is 3. The molecule has 0 radical (unpaired) electrons. The SMILES string of the molecule is CC(C)(C)c1ccc(C(=O)NCCC(=O)Nc2cccc(NC(=O)c3cccs3)c2)cc1. The molecule has 32 heavy (non-hydrogen) atoms. The van der Waals surface area contributed by atoms with Crippen LogP contribution in [0, 0.1) is 0 Å². The Balaban J connectivity index is 1.46. The number of thiophene rings is 1. The fourth-order valence-electron chi connectivity index (χ4n) is 3.01. The van der Waals surface area contributed by atoms with Gasteiger partial charge in [-0.25, -0.2) is 0 Å². The molecule has 0 aliphatic rings. The molecule has 0 unspecified atom stereocenters. The summed E-state index contributed by atoms with van der Waals surface area (Å²) in [6.45, 7) is 6.58. The van der Waals surface area contributed by atoms with Crippen molar-refractivity contribution in [3.05, 3.63) is 82.0 Å². The first-order valence-corrected chi connectivity index (χ1v) is 11.2. The molecule has 0 atom stereocenters. The minimum atomic E-state index is -0.227. The second-order valence-corrected chi connectivity index (χ2v) is 9.34. The predicted molar refractivity (Wildman–Crippen MR) is 129 cm³/mol. The summed E-state index contributed by atoms with van der Waals surface area (Å²) < 4.78 is 0. The summed E-state index contributed by atoms with van der Waals surface area (Å²) >= 11 is 1.36. The van der Waals surface area contributed by atoms with Crippen LogP contribution in [0.4, 0.5) is 11.4 Å². The Bertz CT molecular complexity index is 1080. The van der Waals surface area contributed by atoms with Crippen LogP contribution in [0.3, 0.4) is 0 Å². The number of rotatable bonds is 7. The van der Waals surface area contributed by atoms with Gasteiger partial charge in [-0.2, -0.15) is 0 Å². The summed E-state index contributed by atoms with van der Waals surface area (Å²) in [4.78, 5) is 37.3. The van der Waals surface area contributed by atoms with E-state index in [9.17, 15) is 14.4 Å². The maximum absolute atomic E-state index is 12.3. The molecule has 1 heterocycles. The Hall–Kier alpha value is -3.45. The highest BCUT2D eigenvalue weighted by Crippen LogP contribution is 2.22. The highest BCUT2D eigenvalue weighted by molar-refractivity contribution is 7.12. The molecule has 3 amide bonds. The molecule has 3 rings (SSSR count). The molecular weight excluding hydrogens is 422 g/mol. The molecule has 0 aliphatic heterocycles. The van der Waals surface area contributed by atoms with Crippen LogP contribution < -0.4 is 16.0 Å². The van der Waals surface area contributed by atoms with Gasteiger partial charge < -0.3 is 16.0 Å². The molecule has 0 aliphatic carbocycles. The number of anilines is 2. The third kappa shape index (κ3) is 6.52. The van der Waals surface area contributed by atoms with Gasteiger partial charge in [0.2, 0.25) is 5.91 Å². The van der Waals surface area contributed by atoms with E-state index in [0.29, 0.717) is 21.8 Å². The van der Waals surface area contributed by atoms with Crippen LogP contribution in [0.15, 0.2) is 66.0 Å². The Morgan fingerprint density at radius 2 is 1.53 bits per heavy atom. The van der Waals surface area contributed by atoms with Crippen molar-refractivity contribution in [2.75, 3.05) is 17.2 Å². The van der Waals surface area contributed by atoms with Crippen molar-refractivity contribution in [1.29, 1.82) is 0 Å². The van der Waals surface area contributed by atoms with Crippen molar-refractivity contribution in [3.8, 4) is 0 Å². The average Bonchev–Trinajstić information content (AvgIpc) is 3.28. The zero-order valence-electron chi connectivity index (χ0n) is 18.4. The summed E-state index contributed by atoms with van der Waals surface area (Å²) in [7, 11) is 0. The quantitative estimate of drug-likeness (QED) is 0.471. The topological polar surface area (TPSA) is 87.3 Å². The summed E-state index contributed by atoms with van der Waals surface area (Å²) in [6, 6.07) is 18.0. The Labute approximate surface area is 192 Å². The molecule has 3 aromatic rings. The standard InChI is InChI=1S/C25H27N3O3S/c1-25(2,3)18-11-9-17(10-12-18)23(30)26-14-13-22(29)27-19-6-4-7-20(16-19)28-24(31)21-8-5-15-32-21/h4-12,15-16H,13-14H2,1-3H3,(H,26,30)(H,27,29)(H,28,31). The highest BCUT2D eigenvalue weighted by atomic mass is 32.1. The number of carbonyl (C=O) groups is 3. The van der Waals surface area contributed by atoms with Crippen LogP contribution in [0.5, 0.6) is 0 Å². The molecule has 1 aromatic heterocycles. The maximum atomic E-state index is 12.3. The monoisotopic (exact) mass is 449 g/mol. The number of benzene rings is 2. The maximum Gasteiger partial charge on any atom is 0.265 e. The van der Waals surface area contributed by atoms with Gasteiger partial charge in [-0.1, -0.05) is 45.0 Å². The number of amides is 3. The lowest BCUT2D eigenvalue weighted by molar-refractivity contribution is -0.116. The number of hydrogen-bond donors (Lipinski definition) is 3. The largest absolute Gasteiger partial charge is 0.352 e. The van der Waals surface area contributed by atoms with E-state index in [4.69, 9.17) is 0 Å². The minimum Gasteiger partial charge on any atom is -0.352 e. The minimum absolute atomic E-state index is 0.0250. The van der Waals surface area contributed by atoms with Crippen molar-refractivity contribution in [1.82, 2.24) is 5.32 Å². The fraction of sp³-hybridized carbons (Fsp3) is 0.240. The first-order valence-electron chi connectivity index (χ1n) is 10.4. The van der Waals surface area contributed by atoms with E-state index in [1.54, 1.807) is 42.5 Å². The molecule has 0 saturated heterocycles. The molecule has 0 saturated carbocycles. The summed E-state index contributed by atoms with van der Waals surface area (Å²) in [6.07, 6.45) is 0.137. The van der Waals surface area contributed by atoms with Gasteiger partial charge in [0.25, 0.3) is 11.8 Å². The van der Waals surface area contributed by atoms with Gasteiger partial charge in [-0.15, -0.1) is 11.3 Å². The van der Waals surface area contributed by atoms with Crippen LogP contribution in [-0.2, 0) is 10.2 Å². The Morgan fingerprint density at radius 3 is 2.16 bits per heavy atom. The van der Waals surface area contributed by atoms with Crippen LogP contribution in [-0.4, -0.2) is 24.3 Å². The van der Waals surface area contributed by atoms with Gasteiger partial charge in [0.1, 0.15) is 0 Å². The van der Waals surface area contributed by atoms with Crippen molar-refractivity contribution >= 4 is 40.4 Å². The van der Waals surface area contributed by atoms with Crippen LogP contribution in [0.1, 0.15) is 52.8 Å². The normalized spacial score (nSPS) is 11.0. The third-order valence-electron chi connectivity index (χ3n) is 4.80. The summed E-state index contributed by atoms with van der Waals surface area (Å²) in [5.41, 5.74) is 2.91. The van der Waals surface area contributed by atoms with E-state index in [0.717, 1.165) is 5.56 Å². The lowest BCUT2D eigenvalue weighted by Crippen LogP contribution is -2.27. The lowest BCUT2D eigenvalue weighted by atomic mass is 9.87. The predicted octanol–water partition coefficient (Wildman–Crippen LogP) is 5.06. The van der Waals surface area contributed by atoms with Gasteiger partial charge in [0.15, 0.2) is 0 Å². The number of carbonyl (C=O) groups excluding carboxylic acids is 3. The van der Waals surface area contributed by atoms with E-state index < -0.39 is 0 Å². The average molecular weight is 450 g/mol. The summed E-state index contributed by atoms with van der Waals surface area (Å²) in [5.74, 6) is -0.631.